The molecule has 1 fully saturated rings. The molecule has 0 spiro atoms. The molecule has 0 unspecified atom stereocenters. The van der Waals surface area contributed by atoms with Crippen molar-refractivity contribution in [1.29, 1.82) is 0 Å². The quantitative estimate of drug-likeness (QED) is 0.869. The fraction of sp³-hybridized carbons (Fsp3) is 0.471. The van der Waals surface area contributed by atoms with E-state index in [1.807, 2.05) is 23.1 Å². The van der Waals surface area contributed by atoms with Gasteiger partial charge in [0.2, 0.25) is 0 Å². The zero-order valence-electron chi connectivity index (χ0n) is 13.6. The van der Waals surface area contributed by atoms with E-state index in [1.54, 1.807) is 19.5 Å². The van der Waals surface area contributed by atoms with Crippen molar-refractivity contribution in [3.05, 3.63) is 42.0 Å². The van der Waals surface area contributed by atoms with Crippen molar-refractivity contribution < 1.29 is 9.53 Å². The van der Waals surface area contributed by atoms with Gasteiger partial charge in [-0.25, -0.2) is 0 Å². The first-order valence-electron chi connectivity index (χ1n) is 8.04. The summed E-state index contributed by atoms with van der Waals surface area (Å²) in [7, 11) is 1.61. The maximum Gasteiger partial charge on any atom is 0.253 e. The largest absolute Gasteiger partial charge is 0.497 e. The van der Waals surface area contributed by atoms with Crippen molar-refractivity contribution in [2.24, 2.45) is 0 Å². The summed E-state index contributed by atoms with van der Waals surface area (Å²) in [5.74, 6) is 2.20. The summed E-state index contributed by atoms with van der Waals surface area (Å²) in [5, 5.41) is 8.26. The van der Waals surface area contributed by atoms with Crippen LogP contribution in [0.15, 0.2) is 30.6 Å². The van der Waals surface area contributed by atoms with E-state index in [9.17, 15) is 4.79 Å². The second-order valence-electron chi connectivity index (χ2n) is 5.77. The number of nitrogens with zero attached hydrogens (tertiary/aromatic N) is 4. The van der Waals surface area contributed by atoms with Crippen molar-refractivity contribution in [2.75, 3.05) is 20.2 Å². The maximum absolute atomic E-state index is 12.6. The van der Waals surface area contributed by atoms with E-state index < -0.39 is 0 Å². The van der Waals surface area contributed by atoms with Crippen molar-refractivity contribution in [3.63, 3.8) is 0 Å². The van der Waals surface area contributed by atoms with Gasteiger partial charge in [-0.1, -0.05) is 6.07 Å². The molecule has 0 saturated carbocycles. The van der Waals surface area contributed by atoms with Crippen LogP contribution in [0.4, 0.5) is 0 Å². The van der Waals surface area contributed by atoms with Crippen molar-refractivity contribution >= 4 is 5.91 Å². The lowest BCUT2D eigenvalue weighted by atomic mass is 9.95. The van der Waals surface area contributed by atoms with Crippen molar-refractivity contribution in [1.82, 2.24) is 19.7 Å². The van der Waals surface area contributed by atoms with Gasteiger partial charge >= 0.3 is 0 Å². The standard InChI is InChI=1S/C17H22N4O2/c1-3-20-12-18-19-16(20)13-7-9-21(10-8-13)17(22)14-5-4-6-15(11-14)23-2/h4-6,11-13H,3,7-10H2,1-2H3. The molecule has 6 nitrogen and oxygen atoms in total. The molecule has 3 rings (SSSR count). The minimum absolute atomic E-state index is 0.0688. The van der Waals surface area contributed by atoms with Gasteiger partial charge in [-0.05, 0) is 38.0 Å². The molecular weight excluding hydrogens is 292 g/mol. The number of aryl methyl sites for hydroxylation is 1. The van der Waals surface area contributed by atoms with Gasteiger partial charge in [-0.3, -0.25) is 4.79 Å². The highest BCUT2D eigenvalue weighted by molar-refractivity contribution is 5.94. The number of rotatable bonds is 4. The molecule has 6 heteroatoms. The van der Waals surface area contributed by atoms with E-state index in [2.05, 4.69) is 21.7 Å². The molecule has 23 heavy (non-hydrogen) atoms. The zero-order valence-corrected chi connectivity index (χ0v) is 13.6. The van der Waals surface area contributed by atoms with Crippen LogP contribution in [0, 0.1) is 0 Å². The van der Waals surface area contributed by atoms with Gasteiger partial charge in [0.05, 0.1) is 7.11 Å². The third-order valence-electron chi connectivity index (χ3n) is 4.45. The monoisotopic (exact) mass is 314 g/mol. The molecular formula is C17H22N4O2. The van der Waals surface area contributed by atoms with Gasteiger partial charge < -0.3 is 14.2 Å². The van der Waals surface area contributed by atoms with E-state index in [4.69, 9.17) is 4.74 Å². The summed E-state index contributed by atoms with van der Waals surface area (Å²) in [6.07, 6.45) is 3.63. The Kier molecular flexibility index (Phi) is 4.60. The van der Waals surface area contributed by atoms with Gasteiger partial charge in [-0.15, -0.1) is 10.2 Å². The Morgan fingerprint density at radius 2 is 2.13 bits per heavy atom. The van der Waals surface area contributed by atoms with Gasteiger partial charge in [0, 0.05) is 31.1 Å². The minimum atomic E-state index is 0.0688. The Morgan fingerprint density at radius 3 is 2.83 bits per heavy atom. The summed E-state index contributed by atoms with van der Waals surface area (Å²) in [4.78, 5) is 14.5. The van der Waals surface area contributed by atoms with Gasteiger partial charge in [-0.2, -0.15) is 0 Å². The van der Waals surface area contributed by atoms with Crippen LogP contribution in [0.5, 0.6) is 5.75 Å². The molecule has 2 aromatic rings. The number of carbonyl (C=O) groups excluding carboxylic acids is 1. The van der Waals surface area contributed by atoms with Crippen LogP contribution < -0.4 is 4.74 Å². The minimum Gasteiger partial charge on any atom is -0.497 e. The van der Waals surface area contributed by atoms with Crippen LogP contribution in [-0.4, -0.2) is 45.8 Å². The highest BCUT2D eigenvalue weighted by atomic mass is 16.5. The number of hydrogen-bond acceptors (Lipinski definition) is 4. The van der Waals surface area contributed by atoms with Gasteiger partial charge in [0.25, 0.3) is 5.91 Å². The summed E-state index contributed by atoms with van der Waals surface area (Å²) < 4.78 is 7.28. The number of ether oxygens (including phenoxy) is 1. The van der Waals surface area contributed by atoms with Crippen molar-refractivity contribution in [2.45, 2.75) is 32.2 Å². The lowest BCUT2D eigenvalue weighted by Crippen LogP contribution is -2.38. The first kappa shape index (κ1) is 15.5. The smallest absolute Gasteiger partial charge is 0.253 e. The number of amides is 1. The molecule has 1 amide bonds. The highest BCUT2D eigenvalue weighted by Gasteiger charge is 2.27. The average molecular weight is 314 g/mol. The molecule has 0 atom stereocenters. The first-order valence-corrected chi connectivity index (χ1v) is 8.04. The average Bonchev–Trinajstić information content (AvgIpc) is 3.10. The van der Waals surface area contributed by atoms with Gasteiger partial charge in [0.15, 0.2) is 0 Å². The van der Waals surface area contributed by atoms with Crippen LogP contribution in [0.3, 0.4) is 0 Å². The number of aromatic nitrogens is 3. The number of benzene rings is 1. The summed E-state index contributed by atoms with van der Waals surface area (Å²) in [6, 6.07) is 7.33. The Bertz CT molecular complexity index is 675. The highest BCUT2D eigenvalue weighted by Crippen LogP contribution is 2.27. The SMILES string of the molecule is CCn1cnnc1C1CCN(C(=O)c2cccc(OC)c2)CC1. The third-order valence-corrected chi connectivity index (χ3v) is 4.45. The molecule has 1 saturated heterocycles. The molecule has 1 aromatic heterocycles. The molecule has 1 aliphatic rings. The second kappa shape index (κ2) is 6.81. The number of hydrogen-bond donors (Lipinski definition) is 0. The molecule has 122 valence electrons. The molecule has 2 heterocycles. The molecule has 0 aliphatic carbocycles. The Labute approximate surface area is 136 Å². The molecule has 1 aromatic carbocycles. The molecule has 0 bridgehead atoms. The van der Waals surface area contributed by atoms with Crippen LogP contribution in [0.25, 0.3) is 0 Å². The Hall–Kier alpha value is -2.37. The van der Waals surface area contributed by atoms with E-state index in [0.29, 0.717) is 17.2 Å². The summed E-state index contributed by atoms with van der Waals surface area (Å²) >= 11 is 0. The first-order chi connectivity index (χ1) is 11.2. The van der Waals surface area contributed by atoms with E-state index in [-0.39, 0.29) is 5.91 Å². The third kappa shape index (κ3) is 3.21. The molecule has 0 radical (unpaired) electrons. The van der Waals surface area contributed by atoms with Crippen LogP contribution in [0.2, 0.25) is 0 Å². The van der Waals surface area contributed by atoms with Crippen LogP contribution in [-0.2, 0) is 6.54 Å². The lowest BCUT2D eigenvalue weighted by Gasteiger charge is -2.31. The predicted octanol–water partition coefficient (Wildman–Crippen LogP) is 2.33. The number of likely N-dealkylation sites (tertiary alicyclic amines) is 1. The summed E-state index contributed by atoms with van der Waals surface area (Å²) in [6.45, 7) is 4.47. The van der Waals surface area contributed by atoms with Crippen molar-refractivity contribution in [3.8, 4) is 5.75 Å². The summed E-state index contributed by atoms with van der Waals surface area (Å²) in [5.41, 5.74) is 0.680. The topological polar surface area (TPSA) is 60.2 Å². The maximum atomic E-state index is 12.6. The molecule has 1 aliphatic heterocycles. The van der Waals surface area contributed by atoms with Gasteiger partial charge in [0.1, 0.15) is 17.9 Å². The number of carbonyl (C=O) groups is 1. The molecule has 0 N–H and O–H groups in total. The van der Waals surface area contributed by atoms with Crippen LogP contribution >= 0.6 is 0 Å². The Morgan fingerprint density at radius 1 is 1.35 bits per heavy atom. The predicted molar refractivity (Wildman–Crippen MR) is 86.6 cm³/mol. The van der Waals surface area contributed by atoms with E-state index in [0.717, 1.165) is 38.3 Å². The van der Waals surface area contributed by atoms with E-state index in [1.165, 1.54) is 0 Å². The Balaban J connectivity index is 1.65. The second-order valence-corrected chi connectivity index (χ2v) is 5.77. The van der Waals surface area contributed by atoms with E-state index >= 15 is 0 Å². The fourth-order valence-corrected chi connectivity index (χ4v) is 3.10. The lowest BCUT2D eigenvalue weighted by molar-refractivity contribution is 0.0710. The number of methoxy groups -OCH3 is 1. The van der Waals surface area contributed by atoms with Crippen LogP contribution in [0.1, 0.15) is 41.9 Å². The number of piperidine rings is 1. The normalized spacial score (nSPS) is 15.7. The zero-order chi connectivity index (χ0) is 16.2. The fourth-order valence-electron chi connectivity index (χ4n) is 3.10.